The number of carbonyl (C=O) groups is 1. The van der Waals surface area contributed by atoms with Gasteiger partial charge in [0.2, 0.25) is 0 Å². The molecule has 1 unspecified atom stereocenters. The molecule has 2 rings (SSSR count). The van der Waals surface area contributed by atoms with Crippen molar-refractivity contribution in [2.45, 2.75) is 25.3 Å². The maximum absolute atomic E-state index is 11.6. The Kier molecular flexibility index (Phi) is 4.40. The summed E-state index contributed by atoms with van der Waals surface area (Å²) in [6.07, 6.45) is 5.39. The first-order chi connectivity index (χ1) is 8.61. The number of nitrogens with zero attached hydrogens (tertiary/aromatic N) is 2. The second kappa shape index (κ2) is 5.85. The average Bonchev–Trinajstić information content (AvgIpc) is 2.39. The lowest BCUT2D eigenvalue weighted by atomic mass is 9.85. The fourth-order valence-electron chi connectivity index (χ4n) is 3.03. The first-order valence-electron chi connectivity index (χ1n) is 6.79. The summed E-state index contributed by atoms with van der Waals surface area (Å²) >= 11 is 0. The molecule has 1 fully saturated rings. The van der Waals surface area contributed by atoms with Gasteiger partial charge in [-0.2, -0.15) is 0 Å². The molecule has 0 spiro atoms. The summed E-state index contributed by atoms with van der Waals surface area (Å²) in [5, 5.41) is 0. The van der Waals surface area contributed by atoms with Gasteiger partial charge < -0.3 is 9.64 Å². The molecule has 0 N–H and O–H groups in total. The first kappa shape index (κ1) is 13.6. The fourth-order valence-corrected chi connectivity index (χ4v) is 3.03. The SMILES string of the molecule is COC(=O)C1=CC(C2CCN(C)CC2)N(C)CC1. The van der Waals surface area contributed by atoms with Crippen LogP contribution in [0.25, 0.3) is 0 Å². The van der Waals surface area contributed by atoms with Crippen molar-refractivity contribution in [1.82, 2.24) is 9.80 Å². The van der Waals surface area contributed by atoms with Crippen LogP contribution in [0, 0.1) is 5.92 Å². The van der Waals surface area contributed by atoms with E-state index in [1.54, 1.807) is 0 Å². The minimum Gasteiger partial charge on any atom is -0.466 e. The van der Waals surface area contributed by atoms with E-state index in [0.29, 0.717) is 12.0 Å². The Morgan fingerprint density at radius 1 is 1.28 bits per heavy atom. The number of esters is 1. The molecule has 0 aromatic carbocycles. The van der Waals surface area contributed by atoms with E-state index in [4.69, 9.17) is 4.74 Å². The van der Waals surface area contributed by atoms with Crippen molar-refractivity contribution in [2.75, 3.05) is 40.8 Å². The summed E-state index contributed by atoms with van der Waals surface area (Å²) in [5.74, 6) is 0.521. The van der Waals surface area contributed by atoms with Gasteiger partial charge in [-0.3, -0.25) is 4.90 Å². The number of likely N-dealkylation sites (tertiary alicyclic amines) is 1. The molecule has 0 bridgehead atoms. The Bertz CT molecular complexity index is 333. The zero-order chi connectivity index (χ0) is 13.1. The molecule has 18 heavy (non-hydrogen) atoms. The molecule has 0 aliphatic carbocycles. The van der Waals surface area contributed by atoms with Crippen LogP contribution in [0.4, 0.5) is 0 Å². The largest absolute Gasteiger partial charge is 0.466 e. The predicted molar refractivity (Wildman–Crippen MR) is 71.4 cm³/mol. The van der Waals surface area contributed by atoms with Gasteiger partial charge in [0, 0.05) is 18.2 Å². The van der Waals surface area contributed by atoms with Crippen LogP contribution >= 0.6 is 0 Å². The van der Waals surface area contributed by atoms with E-state index in [1.807, 2.05) is 0 Å². The zero-order valence-electron chi connectivity index (χ0n) is 11.7. The topological polar surface area (TPSA) is 32.8 Å². The second-order valence-electron chi connectivity index (χ2n) is 5.55. The van der Waals surface area contributed by atoms with Gasteiger partial charge in [0.15, 0.2) is 0 Å². The number of hydrogen-bond donors (Lipinski definition) is 0. The van der Waals surface area contributed by atoms with Crippen LogP contribution in [0.15, 0.2) is 11.6 Å². The highest BCUT2D eigenvalue weighted by molar-refractivity contribution is 5.88. The third-order valence-electron chi connectivity index (χ3n) is 4.31. The number of methoxy groups -OCH3 is 1. The van der Waals surface area contributed by atoms with E-state index < -0.39 is 0 Å². The molecular weight excluding hydrogens is 228 g/mol. The lowest BCUT2D eigenvalue weighted by Gasteiger charge is -2.39. The van der Waals surface area contributed by atoms with Crippen LogP contribution in [-0.2, 0) is 9.53 Å². The zero-order valence-corrected chi connectivity index (χ0v) is 11.7. The van der Waals surface area contributed by atoms with E-state index in [0.717, 1.165) is 31.6 Å². The standard InChI is InChI=1S/C14H24N2O2/c1-15-7-4-11(5-8-15)13-10-12(14(17)18-3)6-9-16(13)2/h10-11,13H,4-9H2,1-3H3. The summed E-state index contributed by atoms with van der Waals surface area (Å²) in [4.78, 5) is 16.4. The highest BCUT2D eigenvalue weighted by atomic mass is 16.5. The molecule has 0 aromatic rings. The number of rotatable bonds is 2. The summed E-state index contributed by atoms with van der Waals surface area (Å²) in [6, 6.07) is 0.404. The van der Waals surface area contributed by atoms with Crippen molar-refractivity contribution in [3.63, 3.8) is 0 Å². The lowest BCUT2D eigenvalue weighted by Crippen LogP contribution is -2.45. The van der Waals surface area contributed by atoms with E-state index >= 15 is 0 Å². The van der Waals surface area contributed by atoms with Crippen LogP contribution in [-0.4, -0.2) is 62.7 Å². The molecular formula is C14H24N2O2. The van der Waals surface area contributed by atoms with Crippen LogP contribution in [0.2, 0.25) is 0 Å². The smallest absolute Gasteiger partial charge is 0.333 e. The minimum absolute atomic E-state index is 0.152. The minimum atomic E-state index is -0.152. The lowest BCUT2D eigenvalue weighted by molar-refractivity contribution is -0.136. The van der Waals surface area contributed by atoms with Crippen molar-refractivity contribution < 1.29 is 9.53 Å². The van der Waals surface area contributed by atoms with Gasteiger partial charge in [0.25, 0.3) is 0 Å². The molecule has 2 aliphatic heterocycles. The van der Waals surface area contributed by atoms with Gasteiger partial charge in [0.1, 0.15) is 0 Å². The van der Waals surface area contributed by atoms with Gasteiger partial charge in [-0.1, -0.05) is 6.08 Å². The van der Waals surface area contributed by atoms with Crippen molar-refractivity contribution in [1.29, 1.82) is 0 Å². The van der Waals surface area contributed by atoms with Crippen molar-refractivity contribution in [3.05, 3.63) is 11.6 Å². The predicted octanol–water partition coefficient (Wildman–Crippen LogP) is 1.13. The number of hydrogen-bond acceptors (Lipinski definition) is 4. The van der Waals surface area contributed by atoms with Crippen LogP contribution in [0.3, 0.4) is 0 Å². The van der Waals surface area contributed by atoms with Gasteiger partial charge >= 0.3 is 5.97 Å². The molecule has 102 valence electrons. The molecule has 1 saturated heterocycles. The molecule has 2 heterocycles. The van der Waals surface area contributed by atoms with Crippen molar-refractivity contribution in [3.8, 4) is 0 Å². The van der Waals surface area contributed by atoms with E-state index in [2.05, 4.69) is 30.0 Å². The molecule has 2 aliphatic rings. The number of carbonyl (C=O) groups excluding carboxylic acids is 1. The highest BCUT2D eigenvalue weighted by Gasteiger charge is 2.30. The average molecular weight is 252 g/mol. The monoisotopic (exact) mass is 252 g/mol. The Morgan fingerprint density at radius 2 is 1.94 bits per heavy atom. The summed E-state index contributed by atoms with van der Waals surface area (Å²) in [6.45, 7) is 3.28. The van der Waals surface area contributed by atoms with Crippen LogP contribution in [0.5, 0.6) is 0 Å². The molecule has 0 saturated carbocycles. The first-order valence-corrected chi connectivity index (χ1v) is 6.79. The summed E-state index contributed by atoms with van der Waals surface area (Å²) < 4.78 is 4.84. The second-order valence-corrected chi connectivity index (χ2v) is 5.55. The molecule has 1 atom stereocenters. The number of likely N-dealkylation sites (N-methyl/N-ethyl adjacent to an activating group) is 1. The quantitative estimate of drug-likeness (QED) is 0.690. The highest BCUT2D eigenvalue weighted by Crippen LogP contribution is 2.28. The summed E-state index contributed by atoms with van der Waals surface area (Å²) in [5.41, 5.74) is 0.861. The Hall–Kier alpha value is -0.870. The number of ether oxygens (including phenoxy) is 1. The van der Waals surface area contributed by atoms with Crippen LogP contribution in [0.1, 0.15) is 19.3 Å². The molecule has 4 heteroatoms. The van der Waals surface area contributed by atoms with E-state index in [1.165, 1.54) is 20.0 Å². The fraction of sp³-hybridized carbons (Fsp3) is 0.786. The van der Waals surface area contributed by atoms with E-state index in [-0.39, 0.29) is 5.97 Å². The van der Waals surface area contributed by atoms with Crippen molar-refractivity contribution in [2.24, 2.45) is 5.92 Å². The number of piperidine rings is 1. The maximum Gasteiger partial charge on any atom is 0.333 e. The van der Waals surface area contributed by atoms with Gasteiger partial charge in [-0.15, -0.1) is 0 Å². The third-order valence-corrected chi connectivity index (χ3v) is 4.31. The Labute approximate surface area is 110 Å². The van der Waals surface area contributed by atoms with Gasteiger partial charge in [0.05, 0.1) is 7.11 Å². The van der Waals surface area contributed by atoms with Crippen LogP contribution < -0.4 is 0 Å². The Morgan fingerprint density at radius 3 is 2.56 bits per heavy atom. The third kappa shape index (κ3) is 2.93. The van der Waals surface area contributed by atoms with Gasteiger partial charge in [-0.25, -0.2) is 4.79 Å². The maximum atomic E-state index is 11.6. The van der Waals surface area contributed by atoms with Crippen molar-refractivity contribution >= 4 is 5.97 Å². The summed E-state index contributed by atoms with van der Waals surface area (Å²) in [7, 11) is 5.80. The Balaban J connectivity index is 2.07. The molecule has 4 nitrogen and oxygen atoms in total. The van der Waals surface area contributed by atoms with Gasteiger partial charge in [-0.05, 0) is 52.4 Å². The molecule has 0 amide bonds. The molecule has 0 radical (unpaired) electrons. The normalized spacial score (nSPS) is 27.9. The molecule has 0 aromatic heterocycles. The van der Waals surface area contributed by atoms with E-state index in [9.17, 15) is 4.79 Å².